The first kappa shape index (κ1) is 18.7. The van der Waals surface area contributed by atoms with Crippen LogP contribution in [0.2, 0.25) is 0 Å². The third kappa shape index (κ3) is 4.08. The second-order valence-corrected chi connectivity index (χ2v) is 6.43. The second kappa shape index (κ2) is 6.71. The Hall–Kier alpha value is -2.62. The van der Waals surface area contributed by atoms with Crippen LogP contribution in [-0.4, -0.2) is 21.5 Å². The van der Waals surface area contributed by atoms with Gasteiger partial charge in [0, 0.05) is 0 Å². The maximum Gasteiger partial charge on any atom is 0.418 e. The lowest BCUT2D eigenvalue weighted by Crippen LogP contribution is -2.20. The molecule has 0 atom stereocenters. The highest BCUT2D eigenvalue weighted by Crippen LogP contribution is 2.36. The molecule has 2 rings (SSSR count). The number of carbonyl (C=O) groups excluding carboxylic acids is 1. The smallest absolute Gasteiger partial charge is 0.418 e. The van der Waals surface area contributed by atoms with Gasteiger partial charge in [-0.15, -0.1) is 0 Å². The average molecular weight is 377 g/mol. The predicted octanol–water partition coefficient (Wildman–Crippen LogP) is 3.43. The van der Waals surface area contributed by atoms with Gasteiger partial charge < -0.3 is 4.74 Å². The molecule has 5 nitrogen and oxygen atoms in total. The number of carbonyl (C=O) groups is 1. The van der Waals surface area contributed by atoms with Crippen LogP contribution >= 0.6 is 0 Å². The Labute approximate surface area is 140 Å². The Morgan fingerprint density at radius 3 is 2.36 bits per heavy atom. The Morgan fingerprint density at radius 1 is 1.12 bits per heavy atom. The number of benzene rings is 2. The summed E-state index contributed by atoms with van der Waals surface area (Å²) in [6.07, 6.45) is -4.98. The molecule has 10 heteroatoms. The minimum absolute atomic E-state index is 0.171. The summed E-state index contributed by atoms with van der Waals surface area (Å²) < 4.78 is 83.1. The molecule has 0 aliphatic heterocycles. The topological polar surface area (TPSA) is 72.5 Å². The lowest BCUT2D eigenvalue weighted by molar-refractivity contribution is -0.137. The van der Waals surface area contributed by atoms with Crippen LogP contribution in [-0.2, 0) is 20.9 Å². The molecule has 0 aliphatic carbocycles. The molecule has 0 saturated carbocycles. The first-order chi connectivity index (χ1) is 11.6. The van der Waals surface area contributed by atoms with Crippen molar-refractivity contribution in [3.63, 3.8) is 0 Å². The summed E-state index contributed by atoms with van der Waals surface area (Å²) in [7, 11) is -3.54. The molecule has 0 aliphatic rings. The van der Waals surface area contributed by atoms with Crippen molar-refractivity contribution in [2.24, 2.45) is 0 Å². The zero-order valence-electron chi connectivity index (χ0n) is 12.6. The molecule has 0 bridgehead atoms. The fourth-order valence-electron chi connectivity index (χ4n) is 2.02. The predicted molar refractivity (Wildman–Crippen MR) is 80.0 cm³/mol. The number of hydrogen-bond acceptors (Lipinski definition) is 4. The average Bonchev–Trinajstić information content (AvgIpc) is 2.54. The highest BCUT2D eigenvalue weighted by molar-refractivity contribution is 7.92. The van der Waals surface area contributed by atoms with Crippen molar-refractivity contribution in [3.8, 4) is 0 Å². The van der Waals surface area contributed by atoms with Crippen molar-refractivity contribution in [2.45, 2.75) is 11.1 Å². The summed E-state index contributed by atoms with van der Waals surface area (Å²) in [5.74, 6) is -2.15. The van der Waals surface area contributed by atoms with Crippen LogP contribution in [0.15, 0.2) is 47.4 Å². The maximum atomic E-state index is 13.1. The van der Waals surface area contributed by atoms with E-state index in [-0.39, 0.29) is 11.6 Å². The van der Waals surface area contributed by atoms with Gasteiger partial charge >= 0.3 is 12.1 Å². The highest BCUT2D eigenvalue weighted by Gasteiger charge is 2.35. The van der Waals surface area contributed by atoms with Gasteiger partial charge in [-0.2, -0.15) is 13.2 Å². The van der Waals surface area contributed by atoms with Crippen molar-refractivity contribution in [1.82, 2.24) is 0 Å². The van der Waals surface area contributed by atoms with Crippen molar-refractivity contribution < 1.29 is 35.5 Å². The second-order valence-electron chi connectivity index (χ2n) is 4.78. The van der Waals surface area contributed by atoms with E-state index in [1.165, 1.54) is 12.1 Å². The van der Waals surface area contributed by atoms with Gasteiger partial charge in [-0.3, -0.25) is 4.72 Å². The molecule has 2 aromatic carbocycles. The van der Waals surface area contributed by atoms with E-state index in [2.05, 4.69) is 4.74 Å². The number of rotatable bonds is 4. The molecule has 134 valence electrons. The molecule has 0 aromatic heterocycles. The van der Waals surface area contributed by atoms with Gasteiger partial charge in [0.25, 0.3) is 10.0 Å². The zero-order chi connectivity index (χ0) is 18.8. The first-order valence-corrected chi connectivity index (χ1v) is 8.11. The third-order valence-electron chi connectivity index (χ3n) is 3.11. The van der Waals surface area contributed by atoms with Gasteiger partial charge in [-0.05, 0) is 30.3 Å². The number of sulfonamides is 1. The zero-order valence-corrected chi connectivity index (χ0v) is 13.4. The summed E-state index contributed by atoms with van der Waals surface area (Å²) >= 11 is 0. The number of halogens is 4. The SMILES string of the molecule is COC(=O)c1ccccc1S(=O)(=O)Nc1ccc(F)cc1C(F)(F)F. The Bertz CT molecular complexity index is 910. The standard InChI is InChI=1S/C15H11F4NO4S/c1-24-14(21)10-4-2-3-5-13(10)25(22,23)20-12-7-6-9(16)8-11(12)15(17,18)19/h2-8,20H,1H3. The lowest BCUT2D eigenvalue weighted by Gasteiger charge is -2.16. The van der Waals surface area contributed by atoms with Crippen LogP contribution in [0.3, 0.4) is 0 Å². The quantitative estimate of drug-likeness (QED) is 0.655. The molecular formula is C15H11F4NO4S. The lowest BCUT2D eigenvalue weighted by atomic mass is 10.2. The molecule has 1 N–H and O–H groups in total. The van der Waals surface area contributed by atoms with Crippen LogP contribution in [0.5, 0.6) is 0 Å². The Morgan fingerprint density at radius 2 is 1.76 bits per heavy atom. The Kier molecular flexibility index (Phi) is 5.02. The van der Waals surface area contributed by atoms with Crippen molar-refractivity contribution in [1.29, 1.82) is 0 Å². The number of ether oxygens (including phenoxy) is 1. The van der Waals surface area contributed by atoms with E-state index < -0.39 is 44.1 Å². The summed E-state index contributed by atoms with van der Waals surface area (Å²) in [4.78, 5) is 11.1. The van der Waals surface area contributed by atoms with E-state index in [0.717, 1.165) is 19.2 Å². The van der Waals surface area contributed by atoms with Gasteiger partial charge in [0.2, 0.25) is 0 Å². The van der Waals surface area contributed by atoms with Crippen LogP contribution in [0, 0.1) is 5.82 Å². The molecule has 0 fully saturated rings. The van der Waals surface area contributed by atoms with Crippen LogP contribution in [0.25, 0.3) is 0 Å². The number of nitrogens with one attached hydrogen (secondary N) is 1. The summed E-state index contributed by atoms with van der Waals surface area (Å²) in [5.41, 5.74) is -2.71. The normalized spacial score (nSPS) is 11.9. The van der Waals surface area contributed by atoms with E-state index in [0.29, 0.717) is 12.1 Å². The molecule has 0 heterocycles. The summed E-state index contributed by atoms with van der Waals surface area (Å²) in [6, 6.07) is 6.33. The van der Waals surface area contributed by atoms with Crippen molar-refractivity contribution in [2.75, 3.05) is 11.8 Å². The largest absolute Gasteiger partial charge is 0.465 e. The van der Waals surface area contributed by atoms with E-state index in [1.54, 1.807) is 4.72 Å². The fourth-order valence-corrected chi connectivity index (χ4v) is 3.30. The Balaban J connectivity index is 2.54. The van der Waals surface area contributed by atoms with Gasteiger partial charge in [-0.1, -0.05) is 12.1 Å². The minimum atomic E-state index is -4.98. The van der Waals surface area contributed by atoms with Gasteiger partial charge in [0.1, 0.15) is 10.7 Å². The molecule has 0 radical (unpaired) electrons. The molecular weight excluding hydrogens is 366 g/mol. The number of esters is 1. The van der Waals surface area contributed by atoms with Crippen LogP contribution in [0.4, 0.5) is 23.2 Å². The van der Waals surface area contributed by atoms with Crippen molar-refractivity contribution >= 4 is 21.7 Å². The number of anilines is 1. The van der Waals surface area contributed by atoms with E-state index >= 15 is 0 Å². The molecule has 0 amide bonds. The van der Waals surface area contributed by atoms with Gasteiger partial charge in [0.15, 0.2) is 0 Å². The molecule has 25 heavy (non-hydrogen) atoms. The molecule has 0 saturated heterocycles. The van der Waals surface area contributed by atoms with Crippen molar-refractivity contribution in [3.05, 3.63) is 59.4 Å². The highest BCUT2D eigenvalue weighted by atomic mass is 32.2. The summed E-state index contributed by atoms with van der Waals surface area (Å²) in [6.45, 7) is 0. The molecule has 2 aromatic rings. The van der Waals surface area contributed by atoms with Gasteiger partial charge in [0.05, 0.1) is 23.9 Å². The number of methoxy groups -OCH3 is 1. The molecule has 0 unspecified atom stereocenters. The van der Waals surface area contributed by atoms with Crippen LogP contribution < -0.4 is 4.72 Å². The van der Waals surface area contributed by atoms with Gasteiger partial charge in [-0.25, -0.2) is 17.6 Å². The number of alkyl halides is 3. The number of hydrogen-bond donors (Lipinski definition) is 1. The minimum Gasteiger partial charge on any atom is -0.465 e. The fraction of sp³-hybridized carbons (Fsp3) is 0.133. The van der Waals surface area contributed by atoms with E-state index in [4.69, 9.17) is 0 Å². The van der Waals surface area contributed by atoms with E-state index in [1.807, 2.05) is 0 Å². The molecule has 0 spiro atoms. The third-order valence-corrected chi connectivity index (χ3v) is 4.54. The van der Waals surface area contributed by atoms with Crippen LogP contribution in [0.1, 0.15) is 15.9 Å². The first-order valence-electron chi connectivity index (χ1n) is 6.63. The van der Waals surface area contributed by atoms with E-state index in [9.17, 15) is 30.8 Å². The summed E-state index contributed by atoms with van der Waals surface area (Å²) in [5, 5.41) is 0. The maximum absolute atomic E-state index is 13.1. The monoisotopic (exact) mass is 377 g/mol.